The van der Waals surface area contributed by atoms with Crippen LogP contribution in [0.15, 0.2) is 0 Å². The molecule has 0 aromatic carbocycles. The molecule has 2 nitrogen and oxygen atoms in total. The van der Waals surface area contributed by atoms with Gasteiger partial charge in [-0.15, -0.1) is 0 Å². The van der Waals surface area contributed by atoms with Gasteiger partial charge >= 0.3 is 0 Å². The van der Waals surface area contributed by atoms with Crippen molar-refractivity contribution in [2.45, 2.75) is 31.5 Å². The number of rotatable bonds is 2. The molecule has 0 aromatic heterocycles. The second kappa shape index (κ2) is 1.70. The molecular formula is C7H13NO. The third kappa shape index (κ3) is 1.10. The van der Waals surface area contributed by atoms with Crippen LogP contribution in [0.5, 0.6) is 0 Å². The van der Waals surface area contributed by atoms with E-state index in [1.54, 1.807) is 0 Å². The molecule has 1 heterocycles. The van der Waals surface area contributed by atoms with Gasteiger partial charge in [0.05, 0.1) is 11.7 Å². The van der Waals surface area contributed by atoms with Gasteiger partial charge in [0.25, 0.3) is 0 Å². The van der Waals surface area contributed by atoms with Gasteiger partial charge in [0.15, 0.2) is 0 Å². The highest BCUT2D eigenvalue weighted by atomic mass is 16.5. The Balaban J connectivity index is 1.76. The van der Waals surface area contributed by atoms with Gasteiger partial charge in [-0.05, 0) is 19.8 Å². The standard InChI is InChI=1S/C7H13NO/c1-7(2-3-7)9-6-4-8-5-6/h6,8H,2-5H2,1H3. The predicted octanol–water partition coefficient (Wildman–Crippen LogP) is 0.527. The smallest absolute Gasteiger partial charge is 0.0830 e. The summed E-state index contributed by atoms with van der Waals surface area (Å²) in [7, 11) is 0. The van der Waals surface area contributed by atoms with Gasteiger partial charge in [-0.2, -0.15) is 0 Å². The number of nitrogens with one attached hydrogen (secondary N) is 1. The van der Waals surface area contributed by atoms with Crippen molar-refractivity contribution in [3.63, 3.8) is 0 Å². The van der Waals surface area contributed by atoms with Crippen LogP contribution in [0.2, 0.25) is 0 Å². The Hall–Kier alpha value is -0.0800. The monoisotopic (exact) mass is 127 g/mol. The van der Waals surface area contributed by atoms with Crippen LogP contribution in [0.3, 0.4) is 0 Å². The third-order valence-corrected chi connectivity index (χ3v) is 2.15. The van der Waals surface area contributed by atoms with Crippen LogP contribution in [0.25, 0.3) is 0 Å². The van der Waals surface area contributed by atoms with E-state index in [9.17, 15) is 0 Å². The summed E-state index contributed by atoms with van der Waals surface area (Å²) in [5, 5.41) is 3.19. The molecule has 1 saturated heterocycles. The van der Waals surface area contributed by atoms with Crippen molar-refractivity contribution in [3.05, 3.63) is 0 Å². The largest absolute Gasteiger partial charge is 0.369 e. The molecule has 1 N–H and O–H groups in total. The Morgan fingerprint density at radius 2 is 2.11 bits per heavy atom. The first kappa shape index (κ1) is 5.69. The van der Waals surface area contributed by atoms with Crippen LogP contribution < -0.4 is 5.32 Å². The lowest BCUT2D eigenvalue weighted by molar-refractivity contribution is -0.0440. The lowest BCUT2D eigenvalue weighted by atomic mass is 10.2. The molecule has 0 amide bonds. The molecule has 1 saturated carbocycles. The lowest BCUT2D eigenvalue weighted by Crippen LogP contribution is -2.50. The highest BCUT2D eigenvalue weighted by molar-refractivity contribution is 4.93. The minimum atomic E-state index is 0.284. The summed E-state index contributed by atoms with van der Waals surface area (Å²) in [5.74, 6) is 0. The van der Waals surface area contributed by atoms with Crippen molar-refractivity contribution in [3.8, 4) is 0 Å². The molecule has 0 unspecified atom stereocenters. The first-order valence-corrected chi connectivity index (χ1v) is 3.67. The summed E-state index contributed by atoms with van der Waals surface area (Å²) in [5.41, 5.74) is 0.284. The highest BCUT2D eigenvalue weighted by Gasteiger charge is 2.41. The van der Waals surface area contributed by atoms with Crippen LogP contribution in [0, 0.1) is 0 Å². The van der Waals surface area contributed by atoms with Crippen molar-refractivity contribution in [1.29, 1.82) is 0 Å². The Kier molecular flexibility index (Phi) is 1.08. The maximum atomic E-state index is 5.72. The Bertz CT molecular complexity index is 116. The van der Waals surface area contributed by atoms with E-state index in [0.717, 1.165) is 13.1 Å². The fourth-order valence-electron chi connectivity index (χ4n) is 1.04. The van der Waals surface area contributed by atoms with Gasteiger partial charge in [-0.3, -0.25) is 0 Å². The maximum Gasteiger partial charge on any atom is 0.0830 e. The molecule has 1 aliphatic heterocycles. The molecule has 2 rings (SSSR count). The topological polar surface area (TPSA) is 21.3 Å². The quantitative estimate of drug-likeness (QED) is 0.584. The van der Waals surface area contributed by atoms with E-state index in [1.165, 1.54) is 12.8 Å². The van der Waals surface area contributed by atoms with Crippen molar-refractivity contribution < 1.29 is 4.74 Å². The first-order valence-electron chi connectivity index (χ1n) is 3.67. The van der Waals surface area contributed by atoms with Crippen LogP contribution >= 0.6 is 0 Å². The highest BCUT2D eigenvalue weighted by Crippen LogP contribution is 2.39. The molecule has 1 aliphatic carbocycles. The molecule has 0 atom stereocenters. The van der Waals surface area contributed by atoms with E-state index in [1.807, 2.05) is 0 Å². The Labute approximate surface area is 55.6 Å². The fraction of sp³-hybridized carbons (Fsp3) is 1.00. The zero-order valence-electron chi connectivity index (χ0n) is 5.81. The van der Waals surface area contributed by atoms with Crippen molar-refractivity contribution in [1.82, 2.24) is 5.32 Å². The van der Waals surface area contributed by atoms with E-state index in [-0.39, 0.29) is 5.60 Å². The summed E-state index contributed by atoms with van der Waals surface area (Å²) >= 11 is 0. The maximum absolute atomic E-state index is 5.72. The van der Waals surface area contributed by atoms with E-state index >= 15 is 0 Å². The van der Waals surface area contributed by atoms with Crippen LogP contribution in [-0.4, -0.2) is 24.8 Å². The third-order valence-electron chi connectivity index (χ3n) is 2.15. The van der Waals surface area contributed by atoms with Crippen molar-refractivity contribution >= 4 is 0 Å². The number of hydrogen-bond donors (Lipinski definition) is 1. The molecule has 0 aromatic rings. The van der Waals surface area contributed by atoms with E-state index in [2.05, 4.69) is 12.2 Å². The minimum Gasteiger partial charge on any atom is -0.369 e. The average molecular weight is 127 g/mol. The van der Waals surface area contributed by atoms with Gasteiger partial charge in [0.1, 0.15) is 0 Å². The molecule has 0 bridgehead atoms. The second-order valence-electron chi connectivity index (χ2n) is 3.35. The number of ether oxygens (including phenoxy) is 1. The van der Waals surface area contributed by atoms with E-state index < -0.39 is 0 Å². The summed E-state index contributed by atoms with van der Waals surface area (Å²) in [4.78, 5) is 0. The predicted molar refractivity (Wildman–Crippen MR) is 35.4 cm³/mol. The first-order chi connectivity index (χ1) is 4.29. The normalized spacial score (nSPS) is 31.7. The Morgan fingerprint density at radius 3 is 2.44 bits per heavy atom. The van der Waals surface area contributed by atoms with Gasteiger partial charge in [-0.25, -0.2) is 0 Å². The number of hydrogen-bond acceptors (Lipinski definition) is 2. The zero-order chi connectivity index (χ0) is 6.32. The van der Waals surface area contributed by atoms with E-state index in [0.29, 0.717) is 6.10 Å². The summed E-state index contributed by atoms with van der Waals surface area (Å²) in [6, 6.07) is 0. The van der Waals surface area contributed by atoms with Crippen LogP contribution in [0.4, 0.5) is 0 Å². The zero-order valence-corrected chi connectivity index (χ0v) is 5.81. The molecule has 2 heteroatoms. The van der Waals surface area contributed by atoms with Gasteiger partial charge in [0, 0.05) is 13.1 Å². The molecule has 0 radical (unpaired) electrons. The molecular weight excluding hydrogens is 114 g/mol. The summed E-state index contributed by atoms with van der Waals surface area (Å²) < 4.78 is 5.72. The molecule has 0 spiro atoms. The van der Waals surface area contributed by atoms with Crippen molar-refractivity contribution in [2.75, 3.05) is 13.1 Å². The molecule has 2 fully saturated rings. The SMILES string of the molecule is CC1(OC2CNC2)CC1. The fourth-order valence-corrected chi connectivity index (χ4v) is 1.04. The Morgan fingerprint density at radius 1 is 1.44 bits per heavy atom. The molecule has 9 heavy (non-hydrogen) atoms. The summed E-state index contributed by atoms with van der Waals surface area (Å²) in [6.45, 7) is 4.33. The summed E-state index contributed by atoms with van der Waals surface area (Å²) in [6.07, 6.45) is 3.06. The van der Waals surface area contributed by atoms with Crippen LogP contribution in [0.1, 0.15) is 19.8 Å². The van der Waals surface area contributed by atoms with Crippen molar-refractivity contribution in [2.24, 2.45) is 0 Å². The molecule has 52 valence electrons. The lowest BCUT2D eigenvalue weighted by Gasteiger charge is -2.30. The minimum absolute atomic E-state index is 0.284. The average Bonchev–Trinajstić information content (AvgIpc) is 2.39. The van der Waals surface area contributed by atoms with E-state index in [4.69, 9.17) is 4.74 Å². The van der Waals surface area contributed by atoms with Gasteiger partial charge < -0.3 is 10.1 Å². The molecule has 2 aliphatic rings. The second-order valence-corrected chi connectivity index (χ2v) is 3.35. The van der Waals surface area contributed by atoms with Crippen LogP contribution in [-0.2, 0) is 4.74 Å². The van der Waals surface area contributed by atoms with Gasteiger partial charge in [0.2, 0.25) is 0 Å². The van der Waals surface area contributed by atoms with Gasteiger partial charge in [-0.1, -0.05) is 0 Å².